The van der Waals surface area contributed by atoms with E-state index >= 15 is 0 Å². The molecular weight excluding hydrogens is 235 g/mol. The van der Waals surface area contributed by atoms with Gasteiger partial charge in [-0.2, -0.15) is 0 Å². The van der Waals surface area contributed by atoms with E-state index in [1.807, 2.05) is 0 Å². The Morgan fingerprint density at radius 3 is 2.57 bits per heavy atom. The monoisotopic (exact) mass is 242 g/mol. The Morgan fingerprint density at radius 1 is 1.29 bits per heavy atom. The first-order chi connectivity index (χ1) is 6.79. The maximum absolute atomic E-state index is 12.7. The Balaban J connectivity index is 2.24. The molecule has 0 aromatic heterocycles. The minimum absolute atomic E-state index is 0.198. The molecule has 1 aliphatic heterocycles. The molecule has 0 N–H and O–H groups in total. The van der Waals surface area contributed by atoms with E-state index in [-0.39, 0.29) is 5.82 Å². The van der Waals surface area contributed by atoms with Crippen LogP contribution in [0.3, 0.4) is 0 Å². The molecule has 0 amide bonds. The number of hydrogen-bond donors (Lipinski definition) is 0. The first-order valence-corrected chi connectivity index (χ1v) is 6.74. The topological polar surface area (TPSA) is 0 Å². The van der Waals surface area contributed by atoms with Crippen molar-refractivity contribution in [2.24, 2.45) is 0 Å². The smallest absolute Gasteiger partial charge is 0.123 e. The third kappa shape index (κ3) is 2.19. The molecule has 1 heterocycles. The maximum atomic E-state index is 12.7. The third-order valence-electron chi connectivity index (χ3n) is 1.83. The van der Waals surface area contributed by atoms with Crippen LogP contribution in [0.15, 0.2) is 30.3 Å². The second kappa shape index (κ2) is 4.47. The fraction of sp³-hybridized carbons (Fsp3) is 0.100. The summed E-state index contributed by atoms with van der Waals surface area (Å²) < 4.78 is 12.7. The van der Waals surface area contributed by atoms with Crippen LogP contribution in [0, 0.1) is 5.82 Å². The Kier molecular flexibility index (Phi) is 3.26. The number of hydrogen-bond acceptors (Lipinski definition) is 3. The Bertz CT molecular complexity index is 369. The second-order valence-electron chi connectivity index (χ2n) is 2.82. The summed E-state index contributed by atoms with van der Waals surface area (Å²) in [7, 11) is 3.41. The molecule has 2 rings (SSSR count). The van der Waals surface area contributed by atoms with E-state index in [9.17, 15) is 4.39 Å². The first kappa shape index (κ1) is 10.2. The Labute approximate surface area is 95.4 Å². The zero-order valence-electron chi connectivity index (χ0n) is 7.14. The van der Waals surface area contributed by atoms with E-state index in [2.05, 4.69) is 6.08 Å². The highest BCUT2D eigenvalue weighted by Crippen LogP contribution is 2.46. The molecule has 0 aliphatic carbocycles. The summed E-state index contributed by atoms with van der Waals surface area (Å²) in [5.41, 5.74) is 1.06. The molecule has 1 aromatic carbocycles. The summed E-state index contributed by atoms with van der Waals surface area (Å²) in [5.74, 6) is -0.198. The quantitative estimate of drug-likeness (QED) is 0.569. The molecule has 0 bridgehead atoms. The van der Waals surface area contributed by atoms with Gasteiger partial charge in [-0.25, -0.2) is 4.39 Å². The van der Waals surface area contributed by atoms with Crippen LogP contribution in [0.25, 0.3) is 4.91 Å². The van der Waals surface area contributed by atoms with E-state index < -0.39 is 0 Å². The lowest BCUT2D eigenvalue weighted by Crippen LogP contribution is -1.90. The van der Waals surface area contributed by atoms with Crippen LogP contribution in [-0.4, -0.2) is 10.6 Å². The molecule has 4 heteroatoms. The number of benzene rings is 1. The molecule has 0 nitrogen and oxygen atoms in total. The summed E-state index contributed by atoms with van der Waals surface area (Å²) in [4.78, 5) is 1.17. The van der Waals surface area contributed by atoms with Gasteiger partial charge in [0.1, 0.15) is 5.82 Å². The molecule has 1 aromatic rings. The van der Waals surface area contributed by atoms with Crippen LogP contribution in [0.1, 0.15) is 5.56 Å². The average Bonchev–Trinajstić information content (AvgIpc) is 2.67. The number of thiocarbonyl (C=S) groups is 1. The largest absolute Gasteiger partial charge is 0.207 e. The van der Waals surface area contributed by atoms with Gasteiger partial charge in [-0.1, -0.05) is 52.0 Å². The van der Waals surface area contributed by atoms with Gasteiger partial charge in [0.15, 0.2) is 0 Å². The highest BCUT2D eigenvalue weighted by molar-refractivity contribution is 8.81. The van der Waals surface area contributed by atoms with Crippen molar-refractivity contribution >= 4 is 44.1 Å². The lowest BCUT2D eigenvalue weighted by Gasteiger charge is -1.98. The second-order valence-corrected chi connectivity index (χ2v) is 5.51. The van der Waals surface area contributed by atoms with Gasteiger partial charge in [0.2, 0.25) is 0 Å². The zero-order valence-corrected chi connectivity index (χ0v) is 9.59. The van der Waals surface area contributed by atoms with Crippen LogP contribution in [0.5, 0.6) is 0 Å². The van der Waals surface area contributed by atoms with Crippen LogP contribution in [0.4, 0.5) is 4.39 Å². The van der Waals surface area contributed by atoms with Crippen molar-refractivity contribution in [1.82, 2.24) is 0 Å². The van der Waals surface area contributed by atoms with Crippen LogP contribution >= 0.6 is 33.8 Å². The molecule has 0 radical (unpaired) electrons. The fourth-order valence-corrected chi connectivity index (χ4v) is 3.99. The predicted octanol–water partition coefficient (Wildman–Crippen LogP) is 3.93. The van der Waals surface area contributed by atoms with E-state index in [0.29, 0.717) is 5.25 Å². The third-order valence-corrected chi connectivity index (χ3v) is 4.93. The van der Waals surface area contributed by atoms with Gasteiger partial charge in [-0.15, -0.1) is 0 Å². The van der Waals surface area contributed by atoms with Gasteiger partial charge < -0.3 is 0 Å². The minimum atomic E-state index is -0.198. The average molecular weight is 242 g/mol. The van der Waals surface area contributed by atoms with Crippen LogP contribution in [0.2, 0.25) is 0 Å². The highest BCUT2D eigenvalue weighted by atomic mass is 33.1. The molecule has 0 fully saturated rings. The van der Waals surface area contributed by atoms with Gasteiger partial charge in [0, 0.05) is 4.91 Å². The lowest BCUT2D eigenvalue weighted by molar-refractivity contribution is 0.628. The number of halogens is 1. The van der Waals surface area contributed by atoms with Gasteiger partial charge in [-0.05, 0) is 23.1 Å². The van der Waals surface area contributed by atoms with Crippen molar-refractivity contribution in [3.8, 4) is 0 Å². The summed E-state index contributed by atoms with van der Waals surface area (Å²) in [6.07, 6.45) is 2.11. The van der Waals surface area contributed by atoms with Crippen molar-refractivity contribution < 1.29 is 4.39 Å². The van der Waals surface area contributed by atoms with Crippen molar-refractivity contribution in [3.63, 3.8) is 0 Å². The van der Waals surface area contributed by atoms with E-state index in [0.717, 1.165) is 5.56 Å². The molecule has 1 atom stereocenters. The summed E-state index contributed by atoms with van der Waals surface area (Å²) in [5, 5.41) is 2.05. The summed E-state index contributed by atoms with van der Waals surface area (Å²) in [6, 6.07) is 6.54. The molecule has 0 saturated heterocycles. The first-order valence-electron chi connectivity index (χ1n) is 4.06. The molecule has 0 saturated carbocycles. The van der Waals surface area contributed by atoms with Gasteiger partial charge in [0.25, 0.3) is 0 Å². The molecule has 14 heavy (non-hydrogen) atoms. The standard InChI is InChI=1S/C10H7FS3/c11-8-3-1-7(2-4-8)10-5-9(6-12)13-14-10/h1-6,9H. The van der Waals surface area contributed by atoms with Gasteiger partial charge in [0.05, 0.1) is 5.25 Å². The van der Waals surface area contributed by atoms with Crippen molar-refractivity contribution in [3.05, 3.63) is 41.7 Å². The normalized spacial score (nSPS) is 20.6. The SMILES string of the molecule is Fc1ccc(C2=CC(C=S)SS2)cc1. The highest BCUT2D eigenvalue weighted by Gasteiger charge is 2.16. The van der Waals surface area contributed by atoms with E-state index in [4.69, 9.17) is 12.2 Å². The van der Waals surface area contributed by atoms with Crippen LogP contribution < -0.4 is 0 Å². The van der Waals surface area contributed by atoms with Crippen molar-refractivity contribution in [2.75, 3.05) is 0 Å². The zero-order chi connectivity index (χ0) is 9.97. The predicted molar refractivity (Wildman–Crippen MR) is 67.0 cm³/mol. The molecule has 1 aliphatic rings. The van der Waals surface area contributed by atoms with E-state index in [1.165, 1.54) is 17.0 Å². The molecular formula is C10H7FS3. The van der Waals surface area contributed by atoms with Gasteiger partial charge in [-0.3, -0.25) is 0 Å². The molecule has 1 unspecified atom stereocenters. The Morgan fingerprint density at radius 2 is 2.00 bits per heavy atom. The fourth-order valence-electron chi connectivity index (χ4n) is 1.13. The maximum Gasteiger partial charge on any atom is 0.123 e. The summed E-state index contributed by atoms with van der Waals surface area (Å²) >= 11 is 4.87. The van der Waals surface area contributed by atoms with Crippen molar-refractivity contribution in [1.29, 1.82) is 0 Å². The molecule has 0 spiro atoms. The van der Waals surface area contributed by atoms with Crippen molar-refractivity contribution in [2.45, 2.75) is 5.25 Å². The van der Waals surface area contributed by atoms with Gasteiger partial charge >= 0.3 is 0 Å². The molecule has 72 valence electrons. The minimum Gasteiger partial charge on any atom is -0.207 e. The number of rotatable bonds is 2. The summed E-state index contributed by atoms with van der Waals surface area (Å²) in [6.45, 7) is 0. The Hall–Kier alpha value is -0.320. The van der Waals surface area contributed by atoms with Crippen LogP contribution in [-0.2, 0) is 0 Å². The lowest BCUT2D eigenvalue weighted by atomic mass is 10.2. The van der Waals surface area contributed by atoms with E-state index in [1.54, 1.807) is 39.1 Å².